The largest absolute Gasteiger partial charge is 0.368 e. The number of amides is 1. The Labute approximate surface area is 123 Å². The number of likely N-dealkylation sites (N-methyl/N-ethyl adjacent to an activating group) is 1. The van der Waals surface area contributed by atoms with Crippen LogP contribution in [0.15, 0.2) is 24.3 Å². The molecule has 3 nitrogen and oxygen atoms in total. The lowest BCUT2D eigenvalue weighted by atomic mass is 9.97. The van der Waals surface area contributed by atoms with Crippen LogP contribution >= 0.6 is 23.4 Å². The molecular weight excluding hydrogens is 280 g/mol. The van der Waals surface area contributed by atoms with Crippen molar-refractivity contribution in [3.05, 3.63) is 34.9 Å². The number of carbonyl (C=O) groups excluding carboxylic acids is 1. The summed E-state index contributed by atoms with van der Waals surface area (Å²) in [4.78, 5) is 11.5. The van der Waals surface area contributed by atoms with Crippen LogP contribution in [0.3, 0.4) is 0 Å². The summed E-state index contributed by atoms with van der Waals surface area (Å²) in [6.45, 7) is 0. The molecule has 0 bridgehead atoms. The van der Waals surface area contributed by atoms with Gasteiger partial charge in [0.1, 0.15) is 0 Å². The summed E-state index contributed by atoms with van der Waals surface area (Å²) < 4.78 is 0. The number of carbonyl (C=O) groups is 1. The first-order chi connectivity index (χ1) is 9.05. The van der Waals surface area contributed by atoms with Crippen molar-refractivity contribution in [1.82, 2.24) is 5.32 Å². The summed E-state index contributed by atoms with van der Waals surface area (Å²) >= 11 is 7.75. The highest BCUT2D eigenvalue weighted by Crippen LogP contribution is 2.38. The molecule has 104 valence electrons. The van der Waals surface area contributed by atoms with Gasteiger partial charge in [0.15, 0.2) is 0 Å². The summed E-state index contributed by atoms with van der Waals surface area (Å²) in [6.07, 6.45) is 2.68. The molecule has 1 aromatic carbocycles. The van der Waals surface area contributed by atoms with Crippen LogP contribution in [-0.4, -0.2) is 23.7 Å². The first kappa shape index (κ1) is 14.7. The first-order valence-electron chi connectivity index (χ1n) is 6.40. The molecule has 1 aliphatic carbocycles. The van der Waals surface area contributed by atoms with E-state index in [1.54, 1.807) is 0 Å². The van der Waals surface area contributed by atoms with Gasteiger partial charge in [-0.3, -0.25) is 4.79 Å². The van der Waals surface area contributed by atoms with Crippen LogP contribution in [0.4, 0.5) is 0 Å². The third-order valence-electron chi connectivity index (χ3n) is 3.82. The van der Waals surface area contributed by atoms with Crippen molar-refractivity contribution in [3.8, 4) is 0 Å². The Hall–Kier alpha value is -0.710. The zero-order chi connectivity index (χ0) is 13.9. The average molecular weight is 299 g/mol. The predicted octanol–water partition coefficient (Wildman–Crippen LogP) is 2.57. The Morgan fingerprint density at radius 1 is 1.53 bits per heavy atom. The van der Waals surface area contributed by atoms with Gasteiger partial charge in [-0.05, 0) is 44.0 Å². The maximum atomic E-state index is 11.5. The van der Waals surface area contributed by atoms with E-state index in [2.05, 4.69) is 5.32 Å². The summed E-state index contributed by atoms with van der Waals surface area (Å²) in [6, 6.07) is 7.91. The zero-order valence-electron chi connectivity index (χ0n) is 11.0. The van der Waals surface area contributed by atoms with E-state index in [0.717, 1.165) is 30.0 Å². The van der Waals surface area contributed by atoms with Crippen molar-refractivity contribution >= 4 is 29.3 Å². The molecular formula is C14H19ClN2OS. The van der Waals surface area contributed by atoms with E-state index in [1.807, 2.05) is 43.1 Å². The first-order valence-corrected chi connectivity index (χ1v) is 7.83. The normalized spacial score (nSPS) is 26.5. The number of rotatable bonds is 5. The molecule has 5 heteroatoms. The van der Waals surface area contributed by atoms with Crippen LogP contribution in [-0.2, 0) is 10.5 Å². The minimum absolute atomic E-state index is 0.232. The zero-order valence-corrected chi connectivity index (χ0v) is 12.6. The average Bonchev–Trinajstić information content (AvgIpc) is 2.83. The lowest BCUT2D eigenvalue weighted by molar-refractivity contribution is -0.124. The van der Waals surface area contributed by atoms with E-state index in [4.69, 9.17) is 17.3 Å². The molecule has 0 spiro atoms. The van der Waals surface area contributed by atoms with Gasteiger partial charge in [-0.2, -0.15) is 11.8 Å². The van der Waals surface area contributed by atoms with Gasteiger partial charge < -0.3 is 11.1 Å². The predicted molar refractivity (Wildman–Crippen MR) is 81.4 cm³/mol. The molecule has 19 heavy (non-hydrogen) atoms. The molecule has 1 aliphatic rings. The molecule has 0 aromatic heterocycles. The molecule has 2 atom stereocenters. The molecule has 1 amide bonds. The molecule has 1 saturated carbocycles. The fourth-order valence-corrected chi connectivity index (χ4v) is 3.94. The van der Waals surface area contributed by atoms with Crippen LogP contribution in [0.2, 0.25) is 5.02 Å². The number of primary amides is 1. The maximum absolute atomic E-state index is 11.5. The maximum Gasteiger partial charge on any atom is 0.237 e. The van der Waals surface area contributed by atoms with Gasteiger partial charge in [-0.1, -0.05) is 23.7 Å². The number of hydrogen-bond donors (Lipinski definition) is 2. The topological polar surface area (TPSA) is 55.1 Å². The highest BCUT2D eigenvalue weighted by Gasteiger charge is 2.42. The standard InChI is InChI=1S/C14H19ClN2OS/c1-17-14(13(16)18)7-6-12(8-14)19-9-10-2-4-11(15)5-3-10/h2-5,12,17H,6-9H2,1H3,(H2,16,18). The molecule has 2 rings (SSSR count). The number of halogens is 1. The Bertz CT molecular complexity index is 451. The van der Waals surface area contributed by atoms with Gasteiger partial charge in [0.2, 0.25) is 5.91 Å². The quantitative estimate of drug-likeness (QED) is 0.878. The summed E-state index contributed by atoms with van der Waals surface area (Å²) in [7, 11) is 1.82. The Morgan fingerprint density at radius 2 is 2.21 bits per heavy atom. The molecule has 3 N–H and O–H groups in total. The van der Waals surface area contributed by atoms with Crippen LogP contribution in [0, 0.1) is 0 Å². The van der Waals surface area contributed by atoms with Crippen LogP contribution in [0.5, 0.6) is 0 Å². The van der Waals surface area contributed by atoms with E-state index in [1.165, 1.54) is 5.56 Å². The fraction of sp³-hybridized carbons (Fsp3) is 0.500. The van der Waals surface area contributed by atoms with E-state index < -0.39 is 5.54 Å². The van der Waals surface area contributed by atoms with E-state index >= 15 is 0 Å². The number of benzene rings is 1. The number of hydrogen-bond acceptors (Lipinski definition) is 3. The van der Waals surface area contributed by atoms with Gasteiger partial charge in [-0.15, -0.1) is 0 Å². The third kappa shape index (κ3) is 3.44. The molecule has 1 fully saturated rings. The van der Waals surface area contributed by atoms with Gasteiger partial charge in [-0.25, -0.2) is 0 Å². The van der Waals surface area contributed by atoms with Gasteiger partial charge in [0, 0.05) is 16.0 Å². The van der Waals surface area contributed by atoms with Gasteiger partial charge >= 0.3 is 0 Å². The monoisotopic (exact) mass is 298 g/mol. The van der Waals surface area contributed by atoms with Crippen LogP contribution in [0.1, 0.15) is 24.8 Å². The van der Waals surface area contributed by atoms with Crippen molar-refractivity contribution in [1.29, 1.82) is 0 Å². The van der Waals surface area contributed by atoms with Crippen molar-refractivity contribution in [2.75, 3.05) is 7.05 Å². The van der Waals surface area contributed by atoms with Gasteiger partial charge in [0.05, 0.1) is 5.54 Å². The summed E-state index contributed by atoms with van der Waals surface area (Å²) in [5.74, 6) is 0.713. The third-order valence-corrected chi connectivity index (χ3v) is 5.44. The van der Waals surface area contributed by atoms with Crippen molar-refractivity contribution < 1.29 is 4.79 Å². The fourth-order valence-electron chi connectivity index (χ4n) is 2.51. The molecule has 0 saturated heterocycles. The van der Waals surface area contributed by atoms with Crippen molar-refractivity contribution in [2.24, 2.45) is 5.73 Å². The summed E-state index contributed by atoms with van der Waals surface area (Å²) in [5.41, 5.74) is 6.26. The Balaban J connectivity index is 1.88. The number of nitrogens with one attached hydrogen (secondary N) is 1. The lowest BCUT2D eigenvalue weighted by Crippen LogP contribution is -2.52. The second kappa shape index (κ2) is 6.16. The van der Waals surface area contributed by atoms with E-state index in [0.29, 0.717) is 5.25 Å². The Kier molecular flexibility index (Phi) is 4.76. The minimum Gasteiger partial charge on any atom is -0.368 e. The minimum atomic E-state index is -0.502. The number of thioether (sulfide) groups is 1. The molecule has 1 aromatic rings. The number of nitrogens with two attached hydrogens (primary N) is 1. The Morgan fingerprint density at radius 3 is 2.74 bits per heavy atom. The van der Waals surface area contributed by atoms with E-state index in [9.17, 15) is 4.79 Å². The van der Waals surface area contributed by atoms with Gasteiger partial charge in [0.25, 0.3) is 0 Å². The second-order valence-corrected chi connectivity index (χ2v) is 6.72. The highest BCUT2D eigenvalue weighted by atomic mass is 35.5. The summed E-state index contributed by atoms with van der Waals surface area (Å²) in [5, 5.41) is 4.35. The SMILES string of the molecule is CNC1(C(N)=O)CCC(SCc2ccc(Cl)cc2)C1. The highest BCUT2D eigenvalue weighted by molar-refractivity contribution is 7.99. The molecule has 0 aliphatic heterocycles. The van der Waals surface area contributed by atoms with E-state index in [-0.39, 0.29) is 5.91 Å². The smallest absolute Gasteiger partial charge is 0.237 e. The second-order valence-electron chi connectivity index (χ2n) is 5.00. The van der Waals surface area contributed by atoms with Crippen LogP contribution in [0.25, 0.3) is 0 Å². The molecule has 0 radical (unpaired) electrons. The van der Waals surface area contributed by atoms with Crippen molar-refractivity contribution in [3.63, 3.8) is 0 Å². The van der Waals surface area contributed by atoms with Crippen molar-refractivity contribution in [2.45, 2.75) is 35.8 Å². The molecule has 2 unspecified atom stereocenters. The lowest BCUT2D eigenvalue weighted by Gasteiger charge is -2.24. The molecule has 0 heterocycles. The van der Waals surface area contributed by atoms with Crippen LogP contribution < -0.4 is 11.1 Å².